The Morgan fingerprint density at radius 3 is 2.00 bits per heavy atom. The molecule has 0 bridgehead atoms. The maximum atomic E-state index is 9.75. The molecule has 0 aliphatic rings. The van der Waals surface area contributed by atoms with Crippen molar-refractivity contribution in [2.75, 3.05) is 0 Å². The van der Waals surface area contributed by atoms with E-state index < -0.39 is 8.07 Å². The smallest absolute Gasteiger partial charge is 0.198 e. The van der Waals surface area contributed by atoms with Crippen LogP contribution in [0, 0.1) is 0 Å². The molecule has 0 aliphatic carbocycles. The summed E-state index contributed by atoms with van der Waals surface area (Å²) < 4.78 is 0. The van der Waals surface area contributed by atoms with Gasteiger partial charge >= 0.3 is 0 Å². The summed E-state index contributed by atoms with van der Waals surface area (Å²) in [6, 6.07) is 1.08. The molecule has 0 rings (SSSR count). The molecule has 2 heteroatoms. The van der Waals surface area contributed by atoms with Gasteiger partial charge in [0.25, 0.3) is 0 Å². The van der Waals surface area contributed by atoms with Crippen LogP contribution < -0.4 is 0 Å². The predicted octanol–water partition coefficient (Wildman–Crippen LogP) is 1.82. The first-order chi connectivity index (χ1) is 3.56. The van der Waals surface area contributed by atoms with Gasteiger partial charge in [0.15, 0.2) is 6.29 Å². The molecule has 0 aromatic rings. The van der Waals surface area contributed by atoms with Crippen LogP contribution in [-0.4, -0.2) is 14.4 Å². The lowest BCUT2D eigenvalue weighted by Gasteiger charge is -2.11. The van der Waals surface area contributed by atoms with E-state index in [-0.39, 0.29) is 0 Å². The van der Waals surface area contributed by atoms with E-state index in [1.807, 2.05) is 6.29 Å². The van der Waals surface area contributed by atoms with Gasteiger partial charge in [-0.05, 0) is 0 Å². The van der Waals surface area contributed by atoms with Crippen molar-refractivity contribution < 1.29 is 4.79 Å². The van der Waals surface area contributed by atoms with Crippen molar-refractivity contribution in [3.8, 4) is 0 Å². The summed E-state index contributed by atoms with van der Waals surface area (Å²) in [5.41, 5.74) is 0. The van der Waals surface area contributed by atoms with Gasteiger partial charge in [-0.25, -0.2) is 0 Å². The van der Waals surface area contributed by atoms with Crippen molar-refractivity contribution in [1.82, 2.24) is 0 Å². The molecule has 1 radical (unpaired) electrons. The molecule has 0 amide bonds. The molecule has 0 heterocycles. The highest BCUT2D eigenvalue weighted by Crippen LogP contribution is 2.08. The summed E-state index contributed by atoms with van der Waals surface area (Å²) in [6.45, 7) is 6.76. The quantitative estimate of drug-likeness (QED) is 0.531. The van der Waals surface area contributed by atoms with Gasteiger partial charge in [-0.3, -0.25) is 4.79 Å². The second-order valence-electron chi connectivity index (χ2n) is 3.20. The molecule has 0 fully saturated rings. The Bertz CT molecular complexity index is 73.1. The second-order valence-corrected chi connectivity index (χ2v) is 8.83. The molecule has 0 aromatic heterocycles. The van der Waals surface area contributed by atoms with Gasteiger partial charge in [0.1, 0.15) is 0 Å². The van der Waals surface area contributed by atoms with Crippen LogP contribution in [0.15, 0.2) is 0 Å². The van der Waals surface area contributed by atoms with Crippen LogP contribution in [0.5, 0.6) is 0 Å². The first-order valence-electron chi connectivity index (χ1n) is 2.91. The zero-order valence-electron chi connectivity index (χ0n) is 5.82. The standard InChI is InChI=1S/C6H13OSi/c1-8(2,3)6-4-5-7/h4,6H2,1-3H3. The molecule has 0 unspecified atom stereocenters. The number of hydrogen-bond donors (Lipinski definition) is 0. The molecular weight excluding hydrogens is 116 g/mol. The lowest BCUT2D eigenvalue weighted by atomic mass is 10.6. The summed E-state index contributed by atoms with van der Waals surface area (Å²) >= 11 is 0. The third-order valence-electron chi connectivity index (χ3n) is 0.977. The molecule has 0 N–H and O–H groups in total. The van der Waals surface area contributed by atoms with E-state index in [4.69, 9.17) is 0 Å². The van der Waals surface area contributed by atoms with Crippen molar-refractivity contribution in [1.29, 1.82) is 0 Å². The Morgan fingerprint density at radius 2 is 1.88 bits per heavy atom. The van der Waals surface area contributed by atoms with E-state index in [0.717, 1.165) is 6.04 Å². The monoisotopic (exact) mass is 129 g/mol. The minimum atomic E-state index is -0.941. The van der Waals surface area contributed by atoms with Crippen molar-refractivity contribution in [3.05, 3.63) is 0 Å². The normalized spacial score (nSPS) is 11.4. The topological polar surface area (TPSA) is 17.1 Å². The fourth-order valence-corrected chi connectivity index (χ4v) is 1.28. The van der Waals surface area contributed by atoms with Gasteiger partial charge < -0.3 is 0 Å². The van der Waals surface area contributed by atoms with E-state index in [1.54, 1.807) is 0 Å². The minimum Gasteiger partial charge on any atom is -0.291 e. The summed E-state index contributed by atoms with van der Waals surface area (Å²) in [6.07, 6.45) is 2.54. The van der Waals surface area contributed by atoms with Crippen LogP contribution in [0.1, 0.15) is 6.42 Å². The number of carbonyl (C=O) groups excluding carboxylic acids is 1. The Labute approximate surface area is 52.1 Å². The van der Waals surface area contributed by atoms with Crippen molar-refractivity contribution in [2.45, 2.75) is 32.1 Å². The van der Waals surface area contributed by atoms with Gasteiger partial charge in [0.2, 0.25) is 0 Å². The highest BCUT2D eigenvalue weighted by atomic mass is 28.3. The van der Waals surface area contributed by atoms with Gasteiger partial charge in [-0.2, -0.15) is 0 Å². The highest BCUT2D eigenvalue weighted by molar-refractivity contribution is 6.76. The van der Waals surface area contributed by atoms with E-state index in [1.165, 1.54) is 0 Å². The lowest BCUT2D eigenvalue weighted by Crippen LogP contribution is -2.18. The van der Waals surface area contributed by atoms with E-state index >= 15 is 0 Å². The third kappa shape index (κ3) is 5.89. The Kier molecular flexibility index (Phi) is 2.98. The van der Waals surface area contributed by atoms with E-state index in [0.29, 0.717) is 6.42 Å². The summed E-state index contributed by atoms with van der Waals surface area (Å²) in [4.78, 5) is 9.75. The zero-order valence-corrected chi connectivity index (χ0v) is 6.82. The molecular formula is C6H13OSi. The highest BCUT2D eigenvalue weighted by Gasteiger charge is 2.10. The van der Waals surface area contributed by atoms with Crippen LogP contribution in [0.3, 0.4) is 0 Å². The Balaban J connectivity index is 3.24. The van der Waals surface area contributed by atoms with E-state index in [9.17, 15) is 4.79 Å². The van der Waals surface area contributed by atoms with Crippen molar-refractivity contribution >= 4 is 14.4 Å². The number of rotatable bonds is 3. The van der Waals surface area contributed by atoms with Crippen molar-refractivity contribution in [2.24, 2.45) is 0 Å². The van der Waals surface area contributed by atoms with Crippen molar-refractivity contribution in [3.63, 3.8) is 0 Å². The fraction of sp³-hybridized carbons (Fsp3) is 0.833. The van der Waals surface area contributed by atoms with Crippen LogP contribution in [0.4, 0.5) is 0 Å². The summed E-state index contributed by atoms with van der Waals surface area (Å²) in [5.74, 6) is 0. The molecule has 0 atom stereocenters. The fourth-order valence-electron chi connectivity index (χ4n) is 0.426. The molecule has 0 aliphatic heterocycles. The number of hydrogen-bond acceptors (Lipinski definition) is 1. The van der Waals surface area contributed by atoms with Crippen LogP contribution in [0.25, 0.3) is 0 Å². The first-order valence-corrected chi connectivity index (χ1v) is 6.62. The zero-order chi connectivity index (χ0) is 6.62. The van der Waals surface area contributed by atoms with Gasteiger partial charge in [0.05, 0.1) is 0 Å². The molecule has 0 saturated heterocycles. The summed E-state index contributed by atoms with van der Waals surface area (Å²) in [5, 5.41) is 0. The van der Waals surface area contributed by atoms with Crippen LogP contribution in [-0.2, 0) is 4.79 Å². The predicted molar refractivity (Wildman–Crippen MR) is 38.5 cm³/mol. The molecule has 8 heavy (non-hydrogen) atoms. The Morgan fingerprint density at radius 1 is 1.38 bits per heavy atom. The molecule has 1 nitrogen and oxygen atoms in total. The SMILES string of the molecule is C[Si](C)(C)CC[C]=O. The second kappa shape index (κ2) is 3.02. The van der Waals surface area contributed by atoms with Gasteiger partial charge in [-0.15, -0.1) is 0 Å². The van der Waals surface area contributed by atoms with Gasteiger partial charge in [-0.1, -0.05) is 25.7 Å². The average molecular weight is 129 g/mol. The minimum absolute atomic E-state index is 0.635. The first kappa shape index (κ1) is 7.89. The summed E-state index contributed by atoms with van der Waals surface area (Å²) in [7, 11) is -0.941. The molecule has 0 spiro atoms. The van der Waals surface area contributed by atoms with Gasteiger partial charge in [0, 0.05) is 14.5 Å². The lowest BCUT2D eigenvalue weighted by molar-refractivity contribution is 0.553. The van der Waals surface area contributed by atoms with Crippen LogP contribution in [0.2, 0.25) is 25.7 Å². The average Bonchev–Trinajstić information content (AvgIpc) is 1.59. The third-order valence-corrected chi connectivity index (χ3v) is 2.73. The molecule has 0 aromatic carbocycles. The maximum absolute atomic E-state index is 9.75. The largest absolute Gasteiger partial charge is 0.291 e. The molecule has 47 valence electrons. The van der Waals surface area contributed by atoms with Crippen LogP contribution >= 0.6 is 0 Å². The maximum Gasteiger partial charge on any atom is 0.198 e. The molecule has 0 saturated carbocycles. The Hall–Kier alpha value is -0.113. The van der Waals surface area contributed by atoms with E-state index in [2.05, 4.69) is 19.6 Å².